The standard InChI is InChI=1S/C20H17BrINO2SeSi/c1-3-8-27(2)17-9-11(24)4-5-13(17)23-14-6-7-15(25)18(19(14)27)16-10-12(22)20(21)26-16/h4-7,9-10,25H,3,8H2,1-2H3. The Hall–Kier alpha value is -0.734. The van der Waals surface area contributed by atoms with Crippen LogP contribution in [0.5, 0.6) is 5.75 Å². The molecule has 0 fully saturated rings. The van der Waals surface area contributed by atoms with E-state index in [0.717, 1.165) is 34.6 Å². The summed E-state index contributed by atoms with van der Waals surface area (Å²) in [6, 6.07) is 6.88. The van der Waals surface area contributed by atoms with Crippen molar-refractivity contribution < 1.29 is 9.90 Å². The number of rotatable bonds is 3. The van der Waals surface area contributed by atoms with Gasteiger partial charge in [0.15, 0.2) is 0 Å². The van der Waals surface area contributed by atoms with Gasteiger partial charge in [-0.25, -0.2) is 0 Å². The number of halogens is 2. The van der Waals surface area contributed by atoms with Gasteiger partial charge in [0, 0.05) is 0 Å². The van der Waals surface area contributed by atoms with Crippen molar-refractivity contribution in [2.45, 2.75) is 25.9 Å². The summed E-state index contributed by atoms with van der Waals surface area (Å²) in [6.45, 7) is 4.51. The Balaban J connectivity index is 2.07. The normalized spacial score (nSPS) is 20.8. The number of nitrogens with zero attached hydrogens (tertiary/aromatic N) is 1. The molecule has 0 bridgehead atoms. The molecule has 2 heterocycles. The number of hydrogen-bond acceptors (Lipinski definition) is 3. The fraction of sp³-hybridized carbons (Fsp3) is 0.200. The molecule has 2 aliphatic rings. The van der Waals surface area contributed by atoms with Crippen molar-refractivity contribution in [1.82, 2.24) is 0 Å². The van der Waals surface area contributed by atoms with Gasteiger partial charge in [0.2, 0.25) is 0 Å². The number of carbonyl (C=O) groups is 1. The van der Waals surface area contributed by atoms with E-state index >= 15 is 0 Å². The van der Waals surface area contributed by atoms with E-state index in [4.69, 9.17) is 4.99 Å². The van der Waals surface area contributed by atoms with Crippen LogP contribution in [-0.4, -0.2) is 39.2 Å². The van der Waals surface area contributed by atoms with Gasteiger partial charge in [0.1, 0.15) is 0 Å². The van der Waals surface area contributed by atoms with Crippen molar-refractivity contribution in [3.05, 3.63) is 48.5 Å². The summed E-state index contributed by atoms with van der Waals surface area (Å²) in [5.74, 6) is 0.354. The van der Waals surface area contributed by atoms with E-state index in [0.29, 0.717) is 5.75 Å². The first-order valence-corrected chi connectivity index (χ1v) is 15.0. The minimum atomic E-state index is -2.22. The summed E-state index contributed by atoms with van der Waals surface area (Å²) >= 11 is 6.13. The van der Waals surface area contributed by atoms with E-state index in [1.807, 2.05) is 12.1 Å². The molecule has 1 aliphatic heterocycles. The number of aliphatic imine (C=N–C) groups is 1. The van der Waals surface area contributed by atoms with E-state index in [2.05, 4.69) is 58.1 Å². The third-order valence-electron chi connectivity index (χ3n) is 5.16. The molecule has 3 nitrogen and oxygen atoms in total. The van der Waals surface area contributed by atoms with Crippen molar-refractivity contribution in [3.63, 3.8) is 0 Å². The molecule has 1 unspecified atom stereocenters. The number of carbonyl (C=O) groups excluding carboxylic acids is 1. The predicted molar refractivity (Wildman–Crippen MR) is 127 cm³/mol. The number of hydrogen-bond donors (Lipinski definition) is 1. The van der Waals surface area contributed by atoms with E-state index in [9.17, 15) is 9.90 Å². The molecule has 27 heavy (non-hydrogen) atoms. The fourth-order valence-corrected chi connectivity index (χ4v) is 12.8. The molecule has 1 aromatic heterocycles. The molecule has 4 rings (SSSR count). The molecule has 1 N–H and O–H groups in total. The molecule has 0 saturated carbocycles. The SMILES string of the molecule is CCC[Si]1(C)C2=CC(=O)C=CC2=Nc2ccc(O)c(-c3cc(I)c(Br)[se]3)c21. The third kappa shape index (κ3) is 3.21. The van der Waals surface area contributed by atoms with Crippen LogP contribution < -0.4 is 5.19 Å². The van der Waals surface area contributed by atoms with E-state index < -0.39 is 8.07 Å². The molecule has 7 heteroatoms. The van der Waals surface area contributed by atoms with Crippen LogP contribution in [0.4, 0.5) is 5.69 Å². The van der Waals surface area contributed by atoms with Gasteiger partial charge >= 0.3 is 189 Å². The second-order valence-corrected chi connectivity index (χ2v) is 16.5. The fourth-order valence-electron chi connectivity index (χ4n) is 4.03. The average Bonchev–Trinajstić information content (AvgIpc) is 2.95. The molecular weight excluding hydrogens is 600 g/mol. The van der Waals surface area contributed by atoms with Crippen LogP contribution in [0.3, 0.4) is 0 Å². The second kappa shape index (κ2) is 7.26. The first kappa shape index (κ1) is 19.6. The van der Waals surface area contributed by atoms with E-state index in [-0.39, 0.29) is 20.3 Å². The van der Waals surface area contributed by atoms with Crippen molar-refractivity contribution >= 4 is 83.5 Å². The Morgan fingerprint density at radius 3 is 2.78 bits per heavy atom. The molecule has 0 amide bonds. The number of allylic oxidation sites excluding steroid dienone is 4. The molecule has 0 radical (unpaired) electrons. The van der Waals surface area contributed by atoms with Gasteiger partial charge in [-0.3, -0.25) is 0 Å². The Bertz CT molecular complexity index is 1050. The number of aromatic hydroxyl groups is 1. The van der Waals surface area contributed by atoms with E-state index in [1.165, 1.54) is 16.5 Å². The van der Waals surface area contributed by atoms with Crippen molar-refractivity contribution in [3.8, 4) is 15.8 Å². The number of phenols is 1. The quantitative estimate of drug-likeness (QED) is 0.304. The van der Waals surface area contributed by atoms with Gasteiger partial charge < -0.3 is 0 Å². The Morgan fingerprint density at radius 2 is 2.11 bits per heavy atom. The summed E-state index contributed by atoms with van der Waals surface area (Å²) in [4.78, 5) is 17.0. The number of ketones is 1. The van der Waals surface area contributed by atoms with Gasteiger partial charge in [-0.1, -0.05) is 0 Å². The van der Waals surface area contributed by atoms with Crippen LogP contribution in [0, 0.1) is 3.57 Å². The van der Waals surface area contributed by atoms with Gasteiger partial charge in [-0.2, -0.15) is 0 Å². The third-order valence-corrected chi connectivity index (χ3v) is 15.5. The van der Waals surface area contributed by atoms with Crippen molar-refractivity contribution in [1.29, 1.82) is 0 Å². The molecule has 2 aromatic rings. The first-order valence-electron chi connectivity index (χ1n) is 8.70. The van der Waals surface area contributed by atoms with E-state index in [1.54, 1.807) is 18.2 Å². The molecule has 1 aromatic carbocycles. The molecular formula is C20H17BrINO2SeSi. The van der Waals surface area contributed by atoms with Gasteiger partial charge in [-0.15, -0.1) is 0 Å². The van der Waals surface area contributed by atoms with Crippen LogP contribution in [0.1, 0.15) is 13.3 Å². The maximum atomic E-state index is 12.1. The predicted octanol–water partition coefficient (Wildman–Crippen LogP) is 4.87. The summed E-state index contributed by atoms with van der Waals surface area (Å²) in [5, 5.41) is 13.1. The summed E-state index contributed by atoms with van der Waals surface area (Å²) in [6.07, 6.45) is 6.27. The Labute approximate surface area is 187 Å². The van der Waals surface area contributed by atoms with Crippen LogP contribution in [-0.2, 0) is 4.79 Å². The zero-order valence-electron chi connectivity index (χ0n) is 14.8. The van der Waals surface area contributed by atoms with Crippen molar-refractivity contribution in [2.24, 2.45) is 4.99 Å². The van der Waals surface area contributed by atoms with Crippen LogP contribution >= 0.6 is 38.5 Å². The van der Waals surface area contributed by atoms with Crippen LogP contribution in [0.25, 0.3) is 10.0 Å². The van der Waals surface area contributed by atoms with Crippen LogP contribution in [0.15, 0.2) is 50.0 Å². The molecule has 138 valence electrons. The molecule has 0 saturated heterocycles. The van der Waals surface area contributed by atoms with Crippen LogP contribution in [0.2, 0.25) is 12.6 Å². The Kier molecular flexibility index (Phi) is 5.26. The number of benzene rings is 1. The summed E-state index contributed by atoms with van der Waals surface area (Å²) in [7, 11) is -2.22. The molecule has 1 aliphatic carbocycles. The monoisotopic (exact) mass is 617 g/mol. The topological polar surface area (TPSA) is 49.7 Å². The van der Waals surface area contributed by atoms with Gasteiger partial charge in [0.05, 0.1) is 0 Å². The van der Waals surface area contributed by atoms with Crippen molar-refractivity contribution in [2.75, 3.05) is 0 Å². The number of phenolic OH excluding ortho intramolecular Hbond substituents is 1. The van der Waals surface area contributed by atoms with Gasteiger partial charge in [-0.05, 0) is 0 Å². The summed E-state index contributed by atoms with van der Waals surface area (Å²) in [5.41, 5.74) is 2.82. The summed E-state index contributed by atoms with van der Waals surface area (Å²) < 4.78 is 3.57. The maximum absolute atomic E-state index is 12.1. The second-order valence-electron chi connectivity index (χ2n) is 6.96. The number of fused-ring (bicyclic) bond motifs is 2. The first-order chi connectivity index (χ1) is 12.8. The zero-order chi connectivity index (χ0) is 19.3. The average molecular weight is 617 g/mol. The minimum absolute atomic E-state index is 0.0344. The molecule has 1 atom stereocenters. The Morgan fingerprint density at radius 1 is 1.33 bits per heavy atom. The van der Waals surface area contributed by atoms with Gasteiger partial charge in [0.25, 0.3) is 0 Å². The zero-order valence-corrected chi connectivity index (χ0v) is 21.3. The molecule has 0 spiro atoms.